The van der Waals surface area contributed by atoms with Crippen LogP contribution < -0.4 is 5.14 Å². The summed E-state index contributed by atoms with van der Waals surface area (Å²) in [7, 11) is -2.08. The van der Waals surface area contributed by atoms with E-state index in [0.717, 1.165) is 0 Å². The zero-order valence-electron chi connectivity index (χ0n) is 6.98. The van der Waals surface area contributed by atoms with Gasteiger partial charge in [0, 0.05) is 12.6 Å². The van der Waals surface area contributed by atoms with Gasteiger partial charge in [-0.25, -0.2) is 13.6 Å². The number of nitrogens with zero attached hydrogens (tertiary/aromatic N) is 2. The van der Waals surface area contributed by atoms with E-state index in [9.17, 15) is 8.42 Å². The number of sulfonamides is 1. The summed E-state index contributed by atoms with van der Waals surface area (Å²) in [4.78, 5) is 0. The first kappa shape index (κ1) is 9.21. The van der Waals surface area contributed by atoms with Gasteiger partial charge < -0.3 is 0 Å². The van der Waals surface area contributed by atoms with E-state index < -0.39 is 10.0 Å². The fraction of sp³-hybridized carbons (Fsp3) is 0.500. The Morgan fingerprint density at radius 1 is 1.67 bits per heavy atom. The lowest BCUT2D eigenvalue weighted by molar-refractivity contribution is 0.576. The Morgan fingerprint density at radius 2 is 2.25 bits per heavy atom. The minimum Gasteiger partial charge on any atom is -0.256 e. The molecule has 2 N–H and O–H groups in total. The van der Waals surface area contributed by atoms with Gasteiger partial charge in [0.1, 0.15) is 0 Å². The zero-order valence-corrected chi connectivity index (χ0v) is 7.80. The van der Waals surface area contributed by atoms with E-state index in [1.165, 1.54) is 10.9 Å². The Balaban J connectivity index is 3.39. The lowest BCUT2D eigenvalue weighted by Crippen LogP contribution is -2.17. The van der Waals surface area contributed by atoms with Crippen LogP contribution in [0.25, 0.3) is 0 Å². The van der Waals surface area contributed by atoms with E-state index in [2.05, 4.69) is 5.10 Å². The number of aromatic nitrogens is 2. The van der Waals surface area contributed by atoms with Crippen LogP contribution in [0.1, 0.15) is 12.5 Å². The third-order valence-corrected chi connectivity index (χ3v) is 2.67. The molecule has 0 fully saturated rings. The molecule has 0 aliphatic heterocycles. The van der Waals surface area contributed by atoms with Crippen molar-refractivity contribution in [3.63, 3.8) is 0 Å². The van der Waals surface area contributed by atoms with Crippen molar-refractivity contribution in [2.45, 2.75) is 18.4 Å². The van der Waals surface area contributed by atoms with Gasteiger partial charge >= 0.3 is 0 Å². The first-order valence-electron chi connectivity index (χ1n) is 3.50. The van der Waals surface area contributed by atoms with Crippen LogP contribution >= 0.6 is 0 Å². The summed E-state index contributed by atoms with van der Waals surface area (Å²) in [5, 5.41) is 8.90. The van der Waals surface area contributed by atoms with E-state index in [1.807, 2.05) is 6.92 Å². The fourth-order valence-electron chi connectivity index (χ4n) is 1.08. The van der Waals surface area contributed by atoms with Crippen molar-refractivity contribution in [3.8, 4) is 0 Å². The molecule has 5 nitrogen and oxygen atoms in total. The average molecular weight is 189 g/mol. The summed E-state index contributed by atoms with van der Waals surface area (Å²) in [6.07, 6.45) is 2.12. The largest absolute Gasteiger partial charge is 0.256 e. The molecule has 0 unspecified atom stereocenters. The maximum absolute atomic E-state index is 11.0. The Morgan fingerprint density at radius 3 is 2.58 bits per heavy atom. The van der Waals surface area contributed by atoms with Crippen LogP contribution in [-0.4, -0.2) is 18.2 Å². The molecule has 0 radical (unpaired) electrons. The summed E-state index contributed by atoms with van der Waals surface area (Å²) in [6, 6.07) is 0. The van der Waals surface area contributed by atoms with Crippen LogP contribution in [0.4, 0.5) is 0 Å². The van der Waals surface area contributed by atoms with E-state index in [1.54, 1.807) is 7.05 Å². The van der Waals surface area contributed by atoms with Crippen LogP contribution in [0.3, 0.4) is 0 Å². The van der Waals surface area contributed by atoms with Crippen LogP contribution in [-0.2, 0) is 23.5 Å². The van der Waals surface area contributed by atoms with Gasteiger partial charge in [0.05, 0.1) is 6.20 Å². The second kappa shape index (κ2) is 2.87. The predicted octanol–water partition coefficient (Wildman–Crippen LogP) is -0.370. The Bertz CT molecular complexity index is 379. The quantitative estimate of drug-likeness (QED) is 0.689. The lowest BCUT2D eigenvalue weighted by atomic mass is 10.3. The molecule has 1 aromatic heterocycles. The molecule has 12 heavy (non-hydrogen) atoms. The topological polar surface area (TPSA) is 78.0 Å². The van der Waals surface area contributed by atoms with Gasteiger partial charge in [0.15, 0.2) is 5.03 Å². The smallest absolute Gasteiger partial charge is 0.255 e. The first-order chi connectivity index (χ1) is 5.46. The molecular formula is C6H11N3O2S. The standard InChI is InChI=1S/C6H11N3O2S/c1-3-5-4-8-9(2)6(5)12(7,10)11/h4H,3H2,1-2H3,(H2,7,10,11). The number of hydrogen-bond donors (Lipinski definition) is 1. The number of hydrogen-bond acceptors (Lipinski definition) is 3. The van der Waals surface area contributed by atoms with Crippen molar-refractivity contribution < 1.29 is 8.42 Å². The number of rotatable bonds is 2. The molecule has 0 aromatic carbocycles. The second-order valence-electron chi connectivity index (χ2n) is 2.50. The molecule has 0 saturated carbocycles. The maximum Gasteiger partial charge on any atom is 0.255 e. The van der Waals surface area contributed by atoms with Crippen molar-refractivity contribution in [3.05, 3.63) is 11.8 Å². The highest BCUT2D eigenvalue weighted by Crippen LogP contribution is 2.12. The van der Waals surface area contributed by atoms with Crippen molar-refractivity contribution in [2.24, 2.45) is 12.2 Å². The SMILES string of the molecule is CCc1cnn(C)c1S(N)(=O)=O. The van der Waals surface area contributed by atoms with Crippen molar-refractivity contribution >= 4 is 10.0 Å². The molecule has 0 aliphatic rings. The number of aryl methyl sites for hydroxylation is 2. The molecule has 0 atom stereocenters. The Hall–Kier alpha value is -0.880. The molecule has 0 spiro atoms. The third kappa shape index (κ3) is 1.49. The highest BCUT2D eigenvalue weighted by molar-refractivity contribution is 7.89. The molecule has 0 bridgehead atoms. The van der Waals surface area contributed by atoms with E-state index in [4.69, 9.17) is 5.14 Å². The predicted molar refractivity (Wildman–Crippen MR) is 44.0 cm³/mol. The maximum atomic E-state index is 11.0. The molecule has 0 aliphatic carbocycles. The van der Waals surface area contributed by atoms with Crippen LogP contribution in [0.5, 0.6) is 0 Å². The van der Waals surface area contributed by atoms with Gasteiger partial charge in [-0.2, -0.15) is 5.10 Å². The minimum absolute atomic E-state index is 0.102. The fourth-order valence-corrected chi connectivity index (χ4v) is 2.06. The average Bonchev–Trinajstić information content (AvgIpc) is 2.29. The Labute approximate surface area is 71.2 Å². The summed E-state index contributed by atoms with van der Waals surface area (Å²) in [6.45, 7) is 1.85. The third-order valence-electron chi connectivity index (χ3n) is 1.61. The Kier molecular flexibility index (Phi) is 2.20. The second-order valence-corrected chi connectivity index (χ2v) is 3.97. The molecule has 1 rings (SSSR count). The van der Waals surface area contributed by atoms with Gasteiger partial charge in [0.25, 0.3) is 10.0 Å². The molecule has 6 heteroatoms. The number of primary sulfonamides is 1. The molecule has 0 amide bonds. The summed E-state index contributed by atoms with van der Waals surface area (Å²) in [5.74, 6) is 0. The van der Waals surface area contributed by atoms with Crippen LogP contribution in [0, 0.1) is 0 Å². The summed E-state index contributed by atoms with van der Waals surface area (Å²) < 4.78 is 23.3. The van der Waals surface area contributed by atoms with E-state index in [0.29, 0.717) is 12.0 Å². The molecule has 68 valence electrons. The van der Waals surface area contributed by atoms with Gasteiger partial charge in [-0.15, -0.1) is 0 Å². The van der Waals surface area contributed by atoms with Gasteiger partial charge in [-0.3, -0.25) is 4.68 Å². The van der Waals surface area contributed by atoms with E-state index >= 15 is 0 Å². The highest BCUT2D eigenvalue weighted by atomic mass is 32.2. The van der Waals surface area contributed by atoms with E-state index in [-0.39, 0.29) is 5.03 Å². The normalized spacial score (nSPS) is 11.9. The van der Waals surface area contributed by atoms with Gasteiger partial charge in [0.2, 0.25) is 0 Å². The summed E-state index contributed by atoms with van der Waals surface area (Å²) >= 11 is 0. The molecular weight excluding hydrogens is 178 g/mol. The summed E-state index contributed by atoms with van der Waals surface area (Å²) in [5.41, 5.74) is 0.653. The molecule has 1 heterocycles. The first-order valence-corrected chi connectivity index (χ1v) is 5.05. The zero-order chi connectivity index (χ0) is 9.35. The highest BCUT2D eigenvalue weighted by Gasteiger charge is 2.17. The molecule has 0 saturated heterocycles. The van der Waals surface area contributed by atoms with Crippen LogP contribution in [0.15, 0.2) is 11.2 Å². The number of nitrogens with two attached hydrogens (primary N) is 1. The van der Waals surface area contributed by atoms with Crippen molar-refractivity contribution in [1.29, 1.82) is 0 Å². The van der Waals surface area contributed by atoms with Gasteiger partial charge in [-0.1, -0.05) is 6.92 Å². The van der Waals surface area contributed by atoms with Crippen molar-refractivity contribution in [1.82, 2.24) is 9.78 Å². The molecule has 1 aromatic rings. The van der Waals surface area contributed by atoms with Crippen LogP contribution in [0.2, 0.25) is 0 Å². The van der Waals surface area contributed by atoms with Crippen molar-refractivity contribution in [2.75, 3.05) is 0 Å². The minimum atomic E-state index is -3.63. The monoisotopic (exact) mass is 189 g/mol. The lowest BCUT2D eigenvalue weighted by Gasteiger charge is -2.00. The van der Waals surface area contributed by atoms with Gasteiger partial charge in [-0.05, 0) is 6.42 Å².